The van der Waals surface area contributed by atoms with Gasteiger partial charge in [-0.2, -0.15) is 0 Å². The number of likely N-dealkylation sites (N-methyl/N-ethyl adjacent to an activating group) is 1. The van der Waals surface area contributed by atoms with Gasteiger partial charge in [-0.15, -0.1) is 0 Å². The third kappa shape index (κ3) is 4.53. The molecule has 1 atom stereocenters. The zero-order chi connectivity index (χ0) is 16.8. The van der Waals surface area contributed by atoms with Gasteiger partial charge in [-0.3, -0.25) is 9.78 Å². The molecule has 0 aliphatic carbocycles. The maximum atomic E-state index is 12.2. The standard InChI is InChI=1S/C18H23N3O2/c1-13-5-6-15(11-19-13)18(22)20-12-17(21(2)3)14-7-9-16(23-4)10-8-14/h5-11,17H,12H2,1-4H3,(H,20,22)/t17-/m0/s1. The number of pyridine rings is 1. The Morgan fingerprint density at radius 3 is 2.43 bits per heavy atom. The highest BCUT2D eigenvalue weighted by Crippen LogP contribution is 2.20. The number of hydrogen-bond acceptors (Lipinski definition) is 4. The first-order valence-electron chi connectivity index (χ1n) is 7.52. The predicted octanol–water partition coefficient (Wildman–Crippen LogP) is 2.43. The fraction of sp³-hybridized carbons (Fsp3) is 0.333. The number of carbonyl (C=O) groups is 1. The van der Waals surface area contributed by atoms with Gasteiger partial charge < -0.3 is 15.0 Å². The van der Waals surface area contributed by atoms with Crippen LogP contribution in [-0.4, -0.2) is 43.5 Å². The van der Waals surface area contributed by atoms with E-state index in [4.69, 9.17) is 4.74 Å². The summed E-state index contributed by atoms with van der Waals surface area (Å²) < 4.78 is 5.18. The maximum absolute atomic E-state index is 12.2. The van der Waals surface area contributed by atoms with Gasteiger partial charge in [-0.05, 0) is 50.8 Å². The first-order valence-corrected chi connectivity index (χ1v) is 7.52. The first kappa shape index (κ1) is 17.0. The molecule has 1 heterocycles. The van der Waals surface area contributed by atoms with Gasteiger partial charge in [0.2, 0.25) is 0 Å². The van der Waals surface area contributed by atoms with E-state index in [0.717, 1.165) is 17.0 Å². The molecule has 122 valence electrons. The molecule has 0 unspecified atom stereocenters. The zero-order valence-electron chi connectivity index (χ0n) is 14.0. The van der Waals surface area contributed by atoms with Crippen molar-refractivity contribution in [2.45, 2.75) is 13.0 Å². The van der Waals surface area contributed by atoms with E-state index in [9.17, 15) is 4.79 Å². The molecule has 1 aromatic heterocycles. The lowest BCUT2D eigenvalue weighted by molar-refractivity contribution is 0.0941. The zero-order valence-corrected chi connectivity index (χ0v) is 14.0. The van der Waals surface area contributed by atoms with Gasteiger partial charge in [0.25, 0.3) is 5.91 Å². The molecular weight excluding hydrogens is 290 g/mol. The van der Waals surface area contributed by atoms with E-state index in [1.165, 1.54) is 0 Å². The molecule has 0 aliphatic rings. The molecule has 0 saturated carbocycles. The average molecular weight is 313 g/mol. The van der Waals surface area contributed by atoms with Gasteiger partial charge in [-0.1, -0.05) is 12.1 Å². The van der Waals surface area contributed by atoms with Crippen molar-refractivity contribution in [1.82, 2.24) is 15.2 Å². The molecule has 5 heteroatoms. The fourth-order valence-electron chi connectivity index (χ4n) is 2.32. The third-order valence-corrected chi connectivity index (χ3v) is 3.75. The van der Waals surface area contributed by atoms with Gasteiger partial charge in [0.05, 0.1) is 18.7 Å². The number of methoxy groups -OCH3 is 1. The highest BCUT2D eigenvalue weighted by Gasteiger charge is 2.16. The van der Waals surface area contributed by atoms with Crippen LogP contribution in [0.15, 0.2) is 42.6 Å². The number of amides is 1. The average Bonchev–Trinajstić information content (AvgIpc) is 2.55. The van der Waals surface area contributed by atoms with Crippen LogP contribution in [0.25, 0.3) is 0 Å². The lowest BCUT2D eigenvalue weighted by Crippen LogP contribution is -2.34. The molecular formula is C18H23N3O2. The van der Waals surface area contributed by atoms with Crippen LogP contribution in [0.2, 0.25) is 0 Å². The minimum atomic E-state index is -0.113. The van der Waals surface area contributed by atoms with Gasteiger partial charge in [-0.25, -0.2) is 0 Å². The number of aryl methyl sites for hydroxylation is 1. The topological polar surface area (TPSA) is 54.5 Å². The summed E-state index contributed by atoms with van der Waals surface area (Å²) in [6.45, 7) is 2.42. The molecule has 2 aromatic rings. The van der Waals surface area contributed by atoms with E-state index < -0.39 is 0 Å². The van der Waals surface area contributed by atoms with Crippen LogP contribution < -0.4 is 10.1 Å². The lowest BCUT2D eigenvalue weighted by Gasteiger charge is -2.25. The van der Waals surface area contributed by atoms with Crippen LogP contribution in [0.4, 0.5) is 0 Å². The molecule has 5 nitrogen and oxygen atoms in total. The third-order valence-electron chi connectivity index (χ3n) is 3.75. The molecule has 0 aliphatic heterocycles. The molecule has 0 saturated heterocycles. The van der Waals surface area contributed by atoms with E-state index in [1.54, 1.807) is 19.4 Å². The molecule has 0 fully saturated rings. The quantitative estimate of drug-likeness (QED) is 0.890. The Morgan fingerprint density at radius 1 is 1.22 bits per heavy atom. The highest BCUT2D eigenvalue weighted by molar-refractivity contribution is 5.93. The van der Waals surface area contributed by atoms with E-state index in [1.807, 2.05) is 51.4 Å². The van der Waals surface area contributed by atoms with Crippen molar-refractivity contribution >= 4 is 5.91 Å². The number of ether oxygens (including phenoxy) is 1. The van der Waals surface area contributed by atoms with Crippen molar-refractivity contribution in [2.75, 3.05) is 27.7 Å². The van der Waals surface area contributed by atoms with Crippen molar-refractivity contribution in [3.63, 3.8) is 0 Å². The summed E-state index contributed by atoms with van der Waals surface area (Å²) >= 11 is 0. The second-order valence-corrected chi connectivity index (χ2v) is 5.65. The molecule has 1 amide bonds. The summed E-state index contributed by atoms with van der Waals surface area (Å²) in [7, 11) is 5.64. The summed E-state index contributed by atoms with van der Waals surface area (Å²) in [5.74, 6) is 0.707. The van der Waals surface area contributed by atoms with Crippen LogP contribution in [0.5, 0.6) is 5.75 Å². The SMILES string of the molecule is COc1ccc([C@H](CNC(=O)c2ccc(C)nc2)N(C)C)cc1. The van der Waals surface area contributed by atoms with E-state index in [-0.39, 0.29) is 11.9 Å². The molecule has 1 aromatic carbocycles. The normalized spacial score (nSPS) is 12.0. The lowest BCUT2D eigenvalue weighted by atomic mass is 10.1. The molecule has 2 rings (SSSR count). The van der Waals surface area contributed by atoms with Crippen molar-refractivity contribution in [2.24, 2.45) is 0 Å². The molecule has 0 bridgehead atoms. The van der Waals surface area contributed by atoms with E-state index >= 15 is 0 Å². The molecule has 23 heavy (non-hydrogen) atoms. The Balaban J connectivity index is 2.04. The Morgan fingerprint density at radius 2 is 1.91 bits per heavy atom. The van der Waals surface area contributed by atoms with Crippen molar-refractivity contribution in [3.05, 3.63) is 59.4 Å². The fourth-order valence-corrected chi connectivity index (χ4v) is 2.32. The summed E-state index contributed by atoms with van der Waals surface area (Å²) in [6, 6.07) is 11.6. The Bertz CT molecular complexity index is 636. The molecule has 0 spiro atoms. The van der Waals surface area contributed by atoms with Crippen LogP contribution in [0.1, 0.15) is 27.7 Å². The molecule has 0 radical (unpaired) electrons. The number of rotatable bonds is 6. The van der Waals surface area contributed by atoms with Gasteiger partial charge in [0, 0.05) is 18.4 Å². The number of nitrogens with one attached hydrogen (secondary N) is 1. The minimum absolute atomic E-state index is 0.0864. The van der Waals surface area contributed by atoms with Gasteiger partial charge in [0.1, 0.15) is 5.75 Å². The molecule has 1 N–H and O–H groups in total. The number of aromatic nitrogens is 1. The maximum Gasteiger partial charge on any atom is 0.252 e. The van der Waals surface area contributed by atoms with Crippen LogP contribution in [0.3, 0.4) is 0 Å². The minimum Gasteiger partial charge on any atom is -0.497 e. The number of benzene rings is 1. The smallest absolute Gasteiger partial charge is 0.252 e. The number of nitrogens with zero attached hydrogens (tertiary/aromatic N) is 2. The summed E-state index contributed by atoms with van der Waals surface area (Å²) in [4.78, 5) is 18.5. The largest absolute Gasteiger partial charge is 0.497 e. The predicted molar refractivity (Wildman–Crippen MR) is 90.7 cm³/mol. The van der Waals surface area contributed by atoms with Crippen LogP contribution in [-0.2, 0) is 0 Å². The Kier molecular flexibility index (Phi) is 5.71. The first-order chi connectivity index (χ1) is 11.0. The van der Waals surface area contributed by atoms with Gasteiger partial charge >= 0.3 is 0 Å². The Hall–Kier alpha value is -2.40. The highest BCUT2D eigenvalue weighted by atomic mass is 16.5. The van der Waals surface area contributed by atoms with E-state index in [2.05, 4.69) is 15.2 Å². The Labute approximate surface area is 137 Å². The monoisotopic (exact) mass is 313 g/mol. The van der Waals surface area contributed by atoms with E-state index in [0.29, 0.717) is 12.1 Å². The van der Waals surface area contributed by atoms with Crippen LogP contribution >= 0.6 is 0 Å². The number of carbonyl (C=O) groups excluding carboxylic acids is 1. The number of hydrogen-bond donors (Lipinski definition) is 1. The van der Waals surface area contributed by atoms with Crippen molar-refractivity contribution in [3.8, 4) is 5.75 Å². The van der Waals surface area contributed by atoms with Crippen molar-refractivity contribution < 1.29 is 9.53 Å². The second kappa shape index (κ2) is 7.74. The summed E-state index contributed by atoms with van der Waals surface area (Å²) in [5, 5.41) is 2.98. The second-order valence-electron chi connectivity index (χ2n) is 5.65. The van der Waals surface area contributed by atoms with Crippen LogP contribution in [0, 0.1) is 6.92 Å². The summed E-state index contributed by atoms with van der Waals surface area (Å²) in [5.41, 5.74) is 2.59. The van der Waals surface area contributed by atoms with Crippen molar-refractivity contribution in [1.29, 1.82) is 0 Å². The van der Waals surface area contributed by atoms with Gasteiger partial charge in [0.15, 0.2) is 0 Å². The summed E-state index contributed by atoms with van der Waals surface area (Å²) in [6.07, 6.45) is 1.60.